The Morgan fingerprint density at radius 1 is 1.38 bits per heavy atom. The van der Waals surface area contributed by atoms with Crippen LogP contribution in [-0.2, 0) is 0 Å². The molecule has 2 nitrogen and oxygen atoms in total. The SMILES string of the molecule is CCN(CCN)C1CCCC(C)C1. The highest BCUT2D eigenvalue weighted by molar-refractivity contribution is 4.78. The van der Waals surface area contributed by atoms with Gasteiger partial charge in [0.25, 0.3) is 0 Å². The van der Waals surface area contributed by atoms with Gasteiger partial charge in [-0.2, -0.15) is 0 Å². The highest BCUT2D eigenvalue weighted by Gasteiger charge is 2.22. The normalized spacial score (nSPS) is 29.5. The second kappa shape index (κ2) is 5.61. The van der Waals surface area contributed by atoms with Crippen LogP contribution in [-0.4, -0.2) is 30.6 Å². The first kappa shape index (κ1) is 11.0. The molecule has 0 bridgehead atoms. The fourth-order valence-electron chi connectivity index (χ4n) is 2.50. The minimum absolute atomic E-state index is 0.804. The van der Waals surface area contributed by atoms with Crippen molar-refractivity contribution in [2.75, 3.05) is 19.6 Å². The molecule has 1 aliphatic rings. The van der Waals surface area contributed by atoms with Crippen LogP contribution in [0.2, 0.25) is 0 Å². The highest BCUT2D eigenvalue weighted by atomic mass is 15.2. The van der Waals surface area contributed by atoms with Gasteiger partial charge in [0.15, 0.2) is 0 Å². The summed E-state index contributed by atoms with van der Waals surface area (Å²) in [6, 6.07) is 0.817. The van der Waals surface area contributed by atoms with E-state index in [1.807, 2.05) is 0 Å². The molecule has 0 aliphatic heterocycles. The number of hydrogen-bond donors (Lipinski definition) is 1. The zero-order chi connectivity index (χ0) is 9.68. The average molecular weight is 184 g/mol. The maximum Gasteiger partial charge on any atom is 0.0107 e. The third kappa shape index (κ3) is 3.28. The Hall–Kier alpha value is -0.0800. The van der Waals surface area contributed by atoms with Gasteiger partial charge < -0.3 is 5.73 Å². The Labute approximate surface area is 82.5 Å². The van der Waals surface area contributed by atoms with Gasteiger partial charge in [-0.25, -0.2) is 0 Å². The van der Waals surface area contributed by atoms with Crippen molar-refractivity contribution in [3.63, 3.8) is 0 Å². The number of nitrogens with two attached hydrogens (primary N) is 1. The minimum Gasteiger partial charge on any atom is -0.329 e. The van der Waals surface area contributed by atoms with E-state index in [0.717, 1.165) is 31.6 Å². The molecule has 1 fully saturated rings. The van der Waals surface area contributed by atoms with Gasteiger partial charge >= 0.3 is 0 Å². The van der Waals surface area contributed by atoms with Crippen molar-refractivity contribution in [2.24, 2.45) is 11.7 Å². The highest BCUT2D eigenvalue weighted by Crippen LogP contribution is 2.26. The van der Waals surface area contributed by atoms with Crippen LogP contribution in [0.3, 0.4) is 0 Å². The molecule has 1 saturated carbocycles. The average Bonchev–Trinajstić information content (AvgIpc) is 2.14. The molecule has 2 N–H and O–H groups in total. The molecule has 2 unspecified atom stereocenters. The molecule has 0 aromatic rings. The molecule has 0 spiro atoms. The van der Waals surface area contributed by atoms with Gasteiger partial charge in [-0.05, 0) is 25.3 Å². The van der Waals surface area contributed by atoms with Crippen LogP contribution in [0.15, 0.2) is 0 Å². The second-order valence-corrected chi connectivity index (χ2v) is 4.34. The molecule has 2 heteroatoms. The standard InChI is InChI=1S/C11H24N2/c1-3-13(8-7-12)11-6-4-5-10(2)9-11/h10-11H,3-9,12H2,1-2H3. The first-order chi connectivity index (χ1) is 6.27. The van der Waals surface area contributed by atoms with E-state index in [2.05, 4.69) is 18.7 Å². The zero-order valence-electron chi connectivity index (χ0n) is 9.13. The summed E-state index contributed by atoms with van der Waals surface area (Å²) in [5.41, 5.74) is 5.60. The van der Waals surface area contributed by atoms with E-state index in [-0.39, 0.29) is 0 Å². The van der Waals surface area contributed by atoms with Gasteiger partial charge in [-0.1, -0.05) is 26.7 Å². The van der Waals surface area contributed by atoms with E-state index in [1.54, 1.807) is 0 Å². The van der Waals surface area contributed by atoms with Crippen molar-refractivity contribution < 1.29 is 0 Å². The number of rotatable bonds is 4. The minimum atomic E-state index is 0.804. The lowest BCUT2D eigenvalue weighted by Gasteiger charge is -2.35. The Bertz CT molecular complexity index is 136. The molecule has 0 radical (unpaired) electrons. The molecule has 1 rings (SSSR count). The molecule has 0 aromatic heterocycles. The summed E-state index contributed by atoms with van der Waals surface area (Å²) in [6.07, 6.45) is 5.61. The molecule has 2 atom stereocenters. The molecule has 1 aliphatic carbocycles. The number of likely N-dealkylation sites (N-methyl/N-ethyl adjacent to an activating group) is 1. The molecule has 0 heterocycles. The summed E-state index contributed by atoms with van der Waals surface area (Å²) < 4.78 is 0. The summed E-state index contributed by atoms with van der Waals surface area (Å²) in [6.45, 7) is 7.67. The van der Waals surface area contributed by atoms with Crippen LogP contribution in [0.5, 0.6) is 0 Å². The maximum atomic E-state index is 5.60. The van der Waals surface area contributed by atoms with E-state index >= 15 is 0 Å². The lowest BCUT2D eigenvalue weighted by Crippen LogP contribution is -2.41. The van der Waals surface area contributed by atoms with E-state index in [1.165, 1.54) is 25.7 Å². The smallest absolute Gasteiger partial charge is 0.0107 e. The van der Waals surface area contributed by atoms with E-state index in [0.29, 0.717) is 0 Å². The summed E-state index contributed by atoms with van der Waals surface area (Å²) in [4.78, 5) is 2.55. The van der Waals surface area contributed by atoms with Gasteiger partial charge in [-0.15, -0.1) is 0 Å². The van der Waals surface area contributed by atoms with Crippen LogP contribution in [0.25, 0.3) is 0 Å². The van der Waals surface area contributed by atoms with Crippen molar-refractivity contribution in [1.29, 1.82) is 0 Å². The maximum absolute atomic E-state index is 5.60. The monoisotopic (exact) mass is 184 g/mol. The first-order valence-electron chi connectivity index (χ1n) is 5.72. The topological polar surface area (TPSA) is 29.3 Å². The Kier molecular flexibility index (Phi) is 4.74. The summed E-state index contributed by atoms with van der Waals surface area (Å²) in [7, 11) is 0. The molecule has 78 valence electrons. The molecule has 0 aromatic carbocycles. The molecule has 0 saturated heterocycles. The van der Waals surface area contributed by atoms with Gasteiger partial charge in [0.2, 0.25) is 0 Å². The fourth-order valence-corrected chi connectivity index (χ4v) is 2.50. The van der Waals surface area contributed by atoms with Crippen molar-refractivity contribution in [1.82, 2.24) is 4.90 Å². The Balaban J connectivity index is 2.37. The Morgan fingerprint density at radius 3 is 2.69 bits per heavy atom. The third-order valence-electron chi connectivity index (χ3n) is 3.25. The third-order valence-corrected chi connectivity index (χ3v) is 3.25. The largest absolute Gasteiger partial charge is 0.329 e. The van der Waals surface area contributed by atoms with Gasteiger partial charge in [0.05, 0.1) is 0 Å². The van der Waals surface area contributed by atoms with Crippen molar-refractivity contribution in [2.45, 2.75) is 45.6 Å². The number of nitrogens with zero attached hydrogens (tertiary/aromatic N) is 1. The fraction of sp³-hybridized carbons (Fsp3) is 1.00. The van der Waals surface area contributed by atoms with Crippen LogP contribution in [0, 0.1) is 5.92 Å². The van der Waals surface area contributed by atoms with Crippen LogP contribution >= 0.6 is 0 Å². The lowest BCUT2D eigenvalue weighted by atomic mass is 9.86. The van der Waals surface area contributed by atoms with Gasteiger partial charge in [-0.3, -0.25) is 4.90 Å². The van der Waals surface area contributed by atoms with Crippen LogP contribution < -0.4 is 5.73 Å². The van der Waals surface area contributed by atoms with E-state index < -0.39 is 0 Å². The zero-order valence-corrected chi connectivity index (χ0v) is 9.13. The molecular formula is C11H24N2. The molecule has 0 amide bonds. The second-order valence-electron chi connectivity index (χ2n) is 4.34. The first-order valence-corrected chi connectivity index (χ1v) is 5.72. The van der Waals surface area contributed by atoms with E-state index in [9.17, 15) is 0 Å². The summed E-state index contributed by atoms with van der Waals surface area (Å²) >= 11 is 0. The van der Waals surface area contributed by atoms with Crippen molar-refractivity contribution in [3.05, 3.63) is 0 Å². The van der Waals surface area contributed by atoms with Crippen LogP contribution in [0.1, 0.15) is 39.5 Å². The predicted molar refractivity (Wildman–Crippen MR) is 57.7 cm³/mol. The summed E-state index contributed by atoms with van der Waals surface area (Å²) in [5, 5.41) is 0. The predicted octanol–water partition coefficient (Wildman–Crippen LogP) is 1.85. The summed E-state index contributed by atoms with van der Waals surface area (Å²) in [5.74, 6) is 0.922. The van der Waals surface area contributed by atoms with Crippen molar-refractivity contribution >= 4 is 0 Å². The van der Waals surface area contributed by atoms with E-state index in [4.69, 9.17) is 5.73 Å². The quantitative estimate of drug-likeness (QED) is 0.722. The van der Waals surface area contributed by atoms with Crippen LogP contribution in [0.4, 0.5) is 0 Å². The van der Waals surface area contributed by atoms with Gasteiger partial charge in [0.1, 0.15) is 0 Å². The van der Waals surface area contributed by atoms with Gasteiger partial charge in [0, 0.05) is 19.1 Å². The van der Waals surface area contributed by atoms with Crippen molar-refractivity contribution in [3.8, 4) is 0 Å². The lowest BCUT2D eigenvalue weighted by molar-refractivity contribution is 0.144. The molecule has 13 heavy (non-hydrogen) atoms. The Morgan fingerprint density at radius 2 is 2.15 bits per heavy atom. The molecular weight excluding hydrogens is 160 g/mol. The number of hydrogen-bond acceptors (Lipinski definition) is 2.